The van der Waals surface area contributed by atoms with Crippen molar-refractivity contribution in [2.45, 2.75) is 6.54 Å². The van der Waals surface area contributed by atoms with Crippen molar-refractivity contribution in [3.05, 3.63) is 65.5 Å². The van der Waals surface area contributed by atoms with Gasteiger partial charge in [-0.3, -0.25) is 4.79 Å². The minimum Gasteiger partial charge on any atom is -0.496 e. The normalized spacial score (nSPS) is 10.0. The Kier molecular flexibility index (Phi) is 4.13. The molecule has 2 rings (SSSR count). The number of hydrogen-bond donors (Lipinski definition) is 1. The van der Waals surface area contributed by atoms with Crippen LogP contribution in [0, 0.1) is 5.82 Å². The van der Waals surface area contributed by atoms with E-state index in [9.17, 15) is 9.18 Å². The molecular weight excluding hydrogens is 245 g/mol. The SMILES string of the molecule is COc1ccccc1C(=O)NCc1ccccc1F. The molecule has 0 saturated heterocycles. The van der Waals surface area contributed by atoms with E-state index in [-0.39, 0.29) is 18.3 Å². The Balaban J connectivity index is 2.08. The summed E-state index contributed by atoms with van der Waals surface area (Å²) in [6.45, 7) is 0.142. The number of para-hydroxylation sites is 1. The Morgan fingerprint density at radius 2 is 1.84 bits per heavy atom. The van der Waals surface area contributed by atoms with Crippen LogP contribution < -0.4 is 10.1 Å². The second-order valence-corrected chi connectivity index (χ2v) is 3.97. The second kappa shape index (κ2) is 6.00. The van der Waals surface area contributed by atoms with Crippen LogP contribution in [0.5, 0.6) is 5.75 Å². The molecule has 0 unspecified atom stereocenters. The maximum absolute atomic E-state index is 13.4. The molecule has 1 amide bonds. The third-order valence-corrected chi connectivity index (χ3v) is 2.75. The van der Waals surface area contributed by atoms with Gasteiger partial charge in [0.2, 0.25) is 0 Å². The topological polar surface area (TPSA) is 38.3 Å². The van der Waals surface area contributed by atoms with Gasteiger partial charge in [0.25, 0.3) is 5.91 Å². The van der Waals surface area contributed by atoms with Crippen LogP contribution in [0.1, 0.15) is 15.9 Å². The van der Waals surface area contributed by atoms with Crippen molar-refractivity contribution in [2.24, 2.45) is 0 Å². The summed E-state index contributed by atoms with van der Waals surface area (Å²) in [6, 6.07) is 13.2. The van der Waals surface area contributed by atoms with Crippen LogP contribution in [0.4, 0.5) is 4.39 Å². The largest absolute Gasteiger partial charge is 0.496 e. The Morgan fingerprint density at radius 1 is 1.16 bits per heavy atom. The number of rotatable bonds is 4. The molecule has 98 valence electrons. The summed E-state index contributed by atoms with van der Waals surface area (Å²) in [5.74, 6) is -0.128. The van der Waals surface area contributed by atoms with Crippen LogP contribution in [0.15, 0.2) is 48.5 Å². The Bertz CT molecular complexity index is 584. The molecule has 0 radical (unpaired) electrons. The van der Waals surface area contributed by atoms with Gasteiger partial charge in [-0.2, -0.15) is 0 Å². The van der Waals surface area contributed by atoms with Gasteiger partial charge >= 0.3 is 0 Å². The van der Waals surface area contributed by atoms with E-state index in [0.29, 0.717) is 16.9 Å². The lowest BCUT2D eigenvalue weighted by Gasteiger charge is -2.09. The molecule has 0 saturated carbocycles. The first-order chi connectivity index (χ1) is 9.22. The van der Waals surface area contributed by atoms with Gasteiger partial charge < -0.3 is 10.1 Å². The van der Waals surface area contributed by atoms with Crippen LogP contribution in [0.2, 0.25) is 0 Å². The number of carbonyl (C=O) groups is 1. The zero-order valence-electron chi connectivity index (χ0n) is 10.5. The van der Waals surface area contributed by atoms with Gasteiger partial charge in [-0.05, 0) is 18.2 Å². The van der Waals surface area contributed by atoms with Crippen molar-refractivity contribution >= 4 is 5.91 Å². The molecule has 0 aliphatic carbocycles. The van der Waals surface area contributed by atoms with Gasteiger partial charge in [0.05, 0.1) is 12.7 Å². The van der Waals surface area contributed by atoms with Gasteiger partial charge in [0, 0.05) is 12.1 Å². The van der Waals surface area contributed by atoms with Crippen molar-refractivity contribution in [1.29, 1.82) is 0 Å². The molecule has 0 bridgehead atoms. The van der Waals surface area contributed by atoms with Crippen LogP contribution in [-0.4, -0.2) is 13.0 Å². The number of amides is 1. The third-order valence-electron chi connectivity index (χ3n) is 2.75. The van der Waals surface area contributed by atoms with E-state index in [0.717, 1.165) is 0 Å². The highest BCUT2D eigenvalue weighted by atomic mass is 19.1. The highest BCUT2D eigenvalue weighted by Gasteiger charge is 2.11. The lowest BCUT2D eigenvalue weighted by molar-refractivity contribution is 0.0947. The van der Waals surface area contributed by atoms with E-state index in [1.54, 1.807) is 42.5 Å². The summed E-state index contributed by atoms with van der Waals surface area (Å²) in [4.78, 5) is 12.0. The van der Waals surface area contributed by atoms with E-state index < -0.39 is 0 Å². The van der Waals surface area contributed by atoms with Crippen molar-refractivity contribution in [1.82, 2.24) is 5.32 Å². The van der Waals surface area contributed by atoms with Crippen LogP contribution in [0.3, 0.4) is 0 Å². The first kappa shape index (κ1) is 13.1. The maximum atomic E-state index is 13.4. The third kappa shape index (κ3) is 3.10. The maximum Gasteiger partial charge on any atom is 0.255 e. The first-order valence-corrected chi connectivity index (χ1v) is 5.87. The van der Waals surface area contributed by atoms with Crippen molar-refractivity contribution in [3.8, 4) is 5.75 Å². The quantitative estimate of drug-likeness (QED) is 0.916. The highest BCUT2D eigenvalue weighted by Crippen LogP contribution is 2.17. The number of nitrogens with one attached hydrogen (secondary N) is 1. The van der Waals surface area contributed by atoms with Crippen LogP contribution >= 0.6 is 0 Å². The smallest absolute Gasteiger partial charge is 0.255 e. The molecule has 1 N–H and O–H groups in total. The number of methoxy groups -OCH3 is 1. The molecule has 0 aromatic heterocycles. The van der Waals surface area contributed by atoms with Crippen molar-refractivity contribution in [2.75, 3.05) is 7.11 Å². The Morgan fingerprint density at radius 3 is 2.58 bits per heavy atom. The van der Waals surface area contributed by atoms with Gasteiger partial charge in [0.1, 0.15) is 11.6 Å². The van der Waals surface area contributed by atoms with Gasteiger partial charge in [-0.25, -0.2) is 4.39 Å². The molecule has 0 atom stereocenters. The fourth-order valence-electron chi connectivity index (χ4n) is 1.74. The van der Waals surface area contributed by atoms with E-state index in [2.05, 4.69) is 5.32 Å². The average molecular weight is 259 g/mol. The fourth-order valence-corrected chi connectivity index (χ4v) is 1.74. The molecular formula is C15H14FNO2. The second-order valence-electron chi connectivity index (χ2n) is 3.97. The van der Waals surface area contributed by atoms with Crippen molar-refractivity contribution < 1.29 is 13.9 Å². The molecule has 4 heteroatoms. The molecule has 0 spiro atoms. The standard InChI is InChI=1S/C15H14FNO2/c1-19-14-9-5-3-7-12(14)15(18)17-10-11-6-2-4-8-13(11)16/h2-9H,10H2,1H3,(H,17,18). The van der Waals surface area contributed by atoms with E-state index >= 15 is 0 Å². The summed E-state index contributed by atoms with van der Waals surface area (Å²) in [7, 11) is 1.50. The average Bonchev–Trinajstić information content (AvgIpc) is 2.46. The number of halogens is 1. The Labute approximate surface area is 111 Å². The minimum atomic E-state index is -0.331. The zero-order chi connectivity index (χ0) is 13.7. The van der Waals surface area contributed by atoms with Gasteiger partial charge in [-0.15, -0.1) is 0 Å². The summed E-state index contributed by atoms with van der Waals surface area (Å²) in [5.41, 5.74) is 0.882. The molecule has 2 aromatic rings. The molecule has 3 nitrogen and oxygen atoms in total. The first-order valence-electron chi connectivity index (χ1n) is 5.87. The molecule has 0 aliphatic rings. The number of carbonyl (C=O) groups excluding carboxylic acids is 1. The highest BCUT2D eigenvalue weighted by molar-refractivity contribution is 5.96. The minimum absolute atomic E-state index is 0.142. The van der Waals surface area contributed by atoms with Crippen LogP contribution in [0.25, 0.3) is 0 Å². The Hall–Kier alpha value is -2.36. The molecule has 2 aromatic carbocycles. The van der Waals surface area contributed by atoms with E-state index in [1.165, 1.54) is 13.2 Å². The monoisotopic (exact) mass is 259 g/mol. The lowest BCUT2D eigenvalue weighted by atomic mass is 10.1. The van der Waals surface area contributed by atoms with E-state index in [1.807, 2.05) is 0 Å². The number of ether oxygens (including phenoxy) is 1. The van der Waals surface area contributed by atoms with Crippen LogP contribution in [-0.2, 0) is 6.54 Å². The number of hydrogen-bond acceptors (Lipinski definition) is 2. The molecule has 19 heavy (non-hydrogen) atoms. The fraction of sp³-hybridized carbons (Fsp3) is 0.133. The lowest BCUT2D eigenvalue weighted by Crippen LogP contribution is -2.23. The summed E-state index contributed by atoms with van der Waals surface area (Å²) in [6.07, 6.45) is 0. The van der Waals surface area contributed by atoms with E-state index in [4.69, 9.17) is 4.74 Å². The number of benzene rings is 2. The predicted molar refractivity (Wildman–Crippen MR) is 70.6 cm³/mol. The van der Waals surface area contributed by atoms with Gasteiger partial charge in [0.15, 0.2) is 0 Å². The zero-order valence-corrected chi connectivity index (χ0v) is 10.5. The summed E-state index contributed by atoms with van der Waals surface area (Å²) in [5, 5.41) is 2.67. The van der Waals surface area contributed by atoms with Gasteiger partial charge in [-0.1, -0.05) is 30.3 Å². The molecule has 0 aliphatic heterocycles. The summed E-state index contributed by atoms with van der Waals surface area (Å²) >= 11 is 0. The van der Waals surface area contributed by atoms with Crippen molar-refractivity contribution in [3.63, 3.8) is 0 Å². The predicted octanol–water partition coefficient (Wildman–Crippen LogP) is 2.76. The molecule has 0 fully saturated rings. The summed E-state index contributed by atoms with van der Waals surface area (Å²) < 4.78 is 18.5. The molecule has 0 heterocycles.